The van der Waals surface area contributed by atoms with Crippen LogP contribution in [0.4, 0.5) is 0 Å². The summed E-state index contributed by atoms with van der Waals surface area (Å²) in [5.74, 6) is 2.28. The third-order valence-electron chi connectivity index (χ3n) is 4.92. The topological polar surface area (TPSA) is 36.7 Å². The van der Waals surface area contributed by atoms with Crippen LogP contribution in [-0.2, 0) is 21.1 Å². The van der Waals surface area contributed by atoms with E-state index in [0.29, 0.717) is 0 Å². The molecule has 162 valence electrons. The minimum absolute atomic E-state index is 0. The molecule has 0 bridgehead atoms. The average molecular weight is 606 g/mol. The summed E-state index contributed by atoms with van der Waals surface area (Å²) in [5, 5.41) is 12.1. The van der Waals surface area contributed by atoms with Gasteiger partial charge < -0.3 is 11.4 Å². The van der Waals surface area contributed by atoms with Crippen molar-refractivity contribution in [3.05, 3.63) is 132 Å². The minimum atomic E-state index is 0. The maximum atomic E-state index is 8.65. The molecular formula is C30H22N2Pt. The minimum Gasteiger partial charge on any atom is -0.366 e. The Morgan fingerprint density at radius 1 is 0.788 bits per heavy atom. The summed E-state index contributed by atoms with van der Waals surface area (Å²) < 4.78 is 0. The number of rotatable bonds is 0. The number of benzene rings is 4. The van der Waals surface area contributed by atoms with Gasteiger partial charge in [0.1, 0.15) is 0 Å². The van der Waals surface area contributed by atoms with Crippen molar-refractivity contribution in [3.63, 3.8) is 0 Å². The van der Waals surface area contributed by atoms with Crippen LogP contribution in [0, 0.1) is 43.6 Å². The molecule has 0 radical (unpaired) electrons. The van der Waals surface area contributed by atoms with Gasteiger partial charge in [0.2, 0.25) is 0 Å². The van der Waals surface area contributed by atoms with E-state index in [4.69, 9.17) is 11.7 Å². The maximum absolute atomic E-state index is 8.65. The fourth-order valence-corrected chi connectivity index (χ4v) is 3.25. The first kappa shape index (κ1) is 25.5. The van der Waals surface area contributed by atoms with Gasteiger partial charge >= 0.3 is 21.1 Å². The SMILES string of the molecule is Cc1cccc(C)c1C#N.[C-]#Cc1ccccc1.[Pt+2].[c-]1cccc2ccc3cccnc3c12. The Hall–Kier alpha value is -3.71. The van der Waals surface area contributed by atoms with Gasteiger partial charge in [-0.15, -0.1) is 52.7 Å². The quantitative estimate of drug-likeness (QED) is 0.109. The van der Waals surface area contributed by atoms with E-state index >= 15 is 0 Å². The van der Waals surface area contributed by atoms with Gasteiger partial charge in [-0.3, -0.25) is 5.92 Å². The molecule has 0 unspecified atom stereocenters. The first-order valence-corrected chi connectivity index (χ1v) is 10.2. The van der Waals surface area contributed by atoms with Crippen LogP contribution in [-0.4, -0.2) is 4.98 Å². The van der Waals surface area contributed by atoms with Crippen LogP contribution in [0.1, 0.15) is 22.3 Å². The number of aryl methyl sites for hydroxylation is 2. The summed E-state index contributed by atoms with van der Waals surface area (Å²) in [6.07, 6.45) is 8.52. The molecule has 33 heavy (non-hydrogen) atoms. The number of nitriles is 1. The van der Waals surface area contributed by atoms with E-state index in [0.717, 1.165) is 33.2 Å². The van der Waals surface area contributed by atoms with Gasteiger partial charge in [0.15, 0.2) is 0 Å². The molecule has 0 saturated carbocycles. The van der Waals surface area contributed by atoms with E-state index in [2.05, 4.69) is 47.3 Å². The normalized spacial score (nSPS) is 9.21. The van der Waals surface area contributed by atoms with Crippen molar-refractivity contribution in [3.8, 4) is 12.0 Å². The average Bonchev–Trinajstić information content (AvgIpc) is 2.85. The number of fused-ring (bicyclic) bond motifs is 3. The third kappa shape index (κ3) is 6.88. The third-order valence-corrected chi connectivity index (χ3v) is 4.92. The molecule has 0 aliphatic carbocycles. The van der Waals surface area contributed by atoms with Crippen molar-refractivity contribution >= 4 is 21.7 Å². The summed E-state index contributed by atoms with van der Waals surface area (Å²) in [5.41, 5.74) is 4.78. The predicted molar refractivity (Wildman–Crippen MR) is 131 cm³/mol. The molecule has 0 aliphatic heterocycles. The van der Waals surface area contributed by atoms with Crippen LogP contribution in [0.25, 0.3) is 21.7 Å². The zero-order chi connectivity index (χ0) is 22.8. The van der Waals surface area contributed by atoms with Crippen molar-refractivity contribution < 1.29 is 21.1 Å². The number of nitrogens with zero attached hydrogens (tertiary/aromatic N) is 2. The number of hydrogen-bond acceptors (Lipinski definition) is 2. The molecule has 0 fully saturated rings. The molecule has 5 aromatic rings. The summed E-state index contributed by atoms with van der Waals surface area (Å²) >= 11 is 0. The molecule has 0 spiro atoms. The van der Waals surface area contributed by atoms with Crippen LogP contribution in [0.3, 0.4) is 0 Å². The number of hydrogen-bond donors (Lipinski definition) is 0. The Kier molecular flexibility index (Phi) is 10.0. The molecule has 0 aliphatic rings. The van der Waals surface area contributed by atoms with Crippen molar-refractivity contribution in [1.29, 1.82) is 5.26 Å². The Balaban J connectivity index is 0.000000181. The molecule has 3 heteroatoms. The standard InChI is InChI=1S/C13H8N.C9H9N.C8H5.Pt/c1-2-6-12-10(4-1)7-8-11-5-3-9-14-13(11)12;1-7-4-3-5-8(2)9(7)6-10;1-2-8-6-4-3-5-7-8;/h1-5,7-9H;3-5H,1-2H3;3-7H;/q-1;;-1;+2. The Labute approximate surface area is 210 Å². The monoisotopic (exact) mass is 605 g/mol. The summed E-state index contributed by atoms with van der Waals surface area (Å²) in [6, 6.07) is 34.9. The van der Waals surface area contributed by atoms with Crippen LogP contribution in [0.2, 0.25) is 0 Å². The van der Waals surface area contributed by atoms with Crippen LogP contribution in [0.15, 0.2) is 97.2 Å². The van der Waals surface area contributed by atoms with Crippen LogP contribution >= 0.6 is 0 Å². The molecule has 2 nitrogen and oxygen atoms in total. The fourth-order valence-electron chi connectivity index (χ4n) is 3.25. The van der Waals surface area contributed by atoms with Crippen molar-refractivity contribution in [2.45, 2.75) is 13.8 Å². The van der Waals surface area contributed by atoms with Crippen molar-refractivity contribution in [2.75, 3.05) is 0 Å². The summed E-state index contributed by atoms with van der Waals surface area (Å²) in [4.78, 5) is 4.38. The van der Waals surface area contributed by atoms with Gasteiger partial charge in [-0.2, -0.15) is 5.26 Å². The van der Waals surface area contributed by atoms with Crippen molar-refractivity contribution in [2.24, 2.45) is 0 Å². The second kappa shape index (κ2) is 13.0. The van der Waals surface area contributed by atoms with E-state index in [1.54, 1.807) is 0 Å². The molecule has 0 saturated heterocycles. The Bertz CT molecular complexity index is 1340. The van der Waals surface area contributed by atoms with E-state index in [9.17, 15) is 0 Å². The van der Waals surface area contributed by atoms with Gasteiger partial charge in [-0.05, 0) is 41.9 Å². The second-order valence-corrected chi connectivity index (χ2v) is 7.14. The molecular weight excluding hydrogens is 583 g/mol. The Morgan fingerprint density at radius 3 is 2.06 bits per heavy atom. The number of pyridine rings is 1. The zero-order valence-electron chi connectivity index (χ0n) is 18.4. The Morgan fingerprint density at radius 2 is 1.45 bits per heavy atom. The van der Waals surface area contributed by atoms with Gasteiger partial charge in [-0.25, -0.2) is 0 Å². The predicted octanol–water partition coefficient (Wildman–Crippen LogP) is 6.99. The van der Waals surface area contributed by atoms with Crippen LogP contribution < -0.4 is 0 Å². The van der Waals surface area contributed by atoms with Gasteiger partial charge in [0.05, 0.1) is 11.6 Å². The van der Waals surface area contributed by atoms with E-state index in [1.165, 1.54) is 10.8 Å². The van der Waals surface area contributed by atoms with Gasteiger partial charge in [-0.1, -0.05) is 54.6 Å². The van der Waals surface area contributed by atoms with Gasteiger partial charge in [0, 0.05) is 6.20 Å². The first-order valence-electron chi connectivity index (χ1n) is 10.2. The van der Waals surface area contributed by atoms with E-state index in [1.807, 2.05) is 86.8 Å². The molecule has 5 rings (SSSR count). The molecule has 0 N–H and O–H groups in total. The summed E-state index contributed by atoms with van der Waals surface area (Å²) in [7, 11) is 0. The smallest absolute Gasteiger partial charge is 0.366 e. The first-order chi connectivity index (χ1) is 15.6. The zero-order valence-corrected chi connectivity index (χ0v) is 20.7. The van der Waals surface area contributed by atoms with Crippen molar-refractivity contribution in [1.82, 2.24) is 4.98 Å². The largest absolute Gasteiger partial charge is 2.00 e. The summed E-state index contributed by atoms with van der Waals surface area (Å²) in [6.45, 7) is 3.90. The number of aromatic nitrogens is 1. The molecule has 4 aromatic carbocycles. The fraction of sp³-hybridized carbons (Fsp3) is 0.0667. The molecule has 0 amide bonds. The molecule has 0 atom stereocenters. The van der Waals surface area contributed by atoms with Gasteiger partial charge in [0.25, 0.3) is 0 Å². The van der Waals surface area contributed by atoms with E-state index < -0.39 is 0 Å². The van der Waals surface area contributed by atoms with Crippen LogP contribution in [0.5, 0.6) is 0 Å². The maximum Gasteiger partial charge on any atom is 2.00 e. The second-order valence-electron chi connectivity index (χ2n) is 7.14. The molecule has 1 aromatic heterocycles. The van der Waals surface area contributed by atoms with E-state index in [-0.39, 0.29) is 21.1 Å². The molecule has 1 heterocycles.